The number of hydrogen-bond donors (Lipinski definition) is 3. The van der Waals surface area contributed by atoms with Gasteiger partial charge in [0, 0.05) is 12.0 Å². The molecule has 1 atom stereocenters. The third kappa shape index (κ3) is 3.38. The van der Waals surface area contributed by atoms with Crippen LogP contribution >= 0.6 is 11.6 Å². The molecule has 0 saturated heterocycles. The summed E-state index contributed by atoms with van der Waals surface area (Å²) >= 11 is 6.09. The van der Waals surface area contributed by atoms with Gasteiger partial charge < -0.3 is 15.2 Å². The molecule has 3 N–H and O–H groups in total. The van der Waals surface area contributed by atoms with Crippen LogP contribution in [0.2, 0.25) is 5.02 Å². The highest BCUT2D eigenvalue weighted by atomic mass is 35.5. The van der Waals surface area contributed by atoms with E-state index in [1.807, 2.05) is 6.07 Å². The number of carbonyl (C=O) groups is 2. The van der Waals surface area contributed by atoms with Gasteiger partial charge in [0.2, 0.25) is 0 Å². The first kappa shape index (κ1) is 16.0. The summed E-state index contributed by atoms with van der Waals surface area (Å²) in [5.74, 6) is -0.617. The Bertz CT molecular complexity index is 799. The Labute approximate surface area is 141 Å². The van der Waals surface area contributed by atoms with Crippen LogP contribution in [-0.4, -0.2) is 33.7 Å². The fourth-order valence-electron chi connectivity index (χ4n) is 2.38. The molecule has 2 heterocycles. The molecule has 0 saturated carbocycles. The topological polar surface area (TPSA) is 113 Å². The Morgan fingerprint density at radius 2 is 2.17 bits per heavy atom. The van der Waals surface area contributed by atoms with Gasteiger partial charge in [0.05, 0.1) is 30.1 Å². The third-order valence-electron chi connectivity index (χ3n) is 3.43. The number of ether oxygens (including phenoxy) is 1. The van der Waals surface area contributed by atoms with Crippen molar-refractivity contribution in [1.29, 1.82) is 0 Å². The van der Waals surface area contributed by atoms with Crippen LogP contribution < -0.4 is 15.4 Å². The van der Waals surface area contributed by atoms with Crippen molar-refractivity contribution >= 4 is 29.4 Å². The summed E-state index contributed by atoms with van der Waals surface area (Å²) in [6.07, 6.45) is 2.95. The second-order valence-corrected chi connectivity index (χ2v) is 5.45. The molecule has 1 aliphatic heterocycles. The van der Waals surface area contributed by atoms with E-state index in [-0.39, 0.29) is 17.6 Å². The van der Waals surface area contributed by atoms with E-state index < -0.39 is 12.0 Å². The molecule has 0 spiro atoms. The number of fused-ring (bicyclic) bond motifs is 1. The first-order valence-corrected chi connectivity index (χ1v) is 7.46. The normalized spacial score (nSPS) is 15.8. The Morgan fingerprint density at radius 1 is 1.33 bits per heavy atom. The van der Waals surface area contributed by atoms with E-state index in [9.17, 15) is 9.59 Å². The second-order valence-electron chi connectivity index (χ2n) is 5.04. The SMILES string of the molecule is O=C(Nc1cncc(C(=O)O)n1)N[C@H]1CCOc2c(Cl)cccc21. The van der Waals surface area contributed by atoms with Gasteiger partial charge in [0.1, 0.15) is 5.75 Å². The maximum atomic E-state index is 12.1. The molecule has 124 valence electrons. The number of urea groups is 1. The van der Waals surface area contributed by atoms with E-state index in [1.54, 1.807) is 12.1 Å². The number of nitrogens with one attached hydrogen (secondary N) is 2. The maximum absolute atomic E-state index is 12.1. The summed E-state index contributed by atoms with van der Waals surface area (Å²) in [5, 5.41) is 14.6. The number of hydrogen-bond acceptors (Lipinski definition) is 5. The van der Waals surface area contributed by atoms with Crippen LogP contribution in [0.4, 0.5) is 10.6 Å². The first-order chi connectivity index (χ1) is 11.5. The number of carbonyl (C=O) groups excluding carboxylic acids is 1. The number of carboxylic acids is 1. The number of carboxylic acid groups (broad SMARTS) is 1. The Kier molecular flexibility index (Phi) is 4.48. The molecule has 0 unspecified atom stereocenters. The Morgan fingerprint density at radius 3 is 2.96 bits per heavy atom. The predicted molar refractivity (Wildman–Crippen MR) is 85.5 cm³/mol. The zero-order valence-corrected chi connectivity index (χ0v) is 13.1. The highest BCUT2D eigenvalue weighted by Gasteiger charge is 2.24. The number of amides is 2. The molecule has 0 aliphatic carbocycles. The number of aromatic nitrogens is 2. The van der Waals surface area contributed by atoms with Gasteiger partial charge in [0.15, 0.2) is 11.5 Å². The highest BCUT2D eigenvalue weighted by Crippen LogP contribution is 2.37. The van der Waals surface area contributed by atoms with Crippen LogP contribution in [0, 0.1) is 0 Å². The summed E-state index contributed by atoms with van der Waals surface area (Å²) in [4.78, 5) is 30.5. The lowest BCUT2D eigenvalue weighted by Gasteiger charge is -2.27. The van der Waals surface area contributed by atoms with Crippen LogP contribution in [0.5, 0.6) is 5.75 Å². The number of nitrogens with zero attached hydrogens (tertiary/aromatic N) is 2. The van der Waals surface area contributed by atoms with Gasteiger partial charge in [0.25, 0.3) is 0 Å². The number of para-hydroxylation sites is 1. The lowest BCUT2D eigenvalue weighted by molar-refractivity contribution is 0.0690. The van der Waals surface area contributed by atoms with Gasteiger partial charge in [-0.3, -0.25) is 10.3 Å². The van der Waals surface area contributed by atoms with Crippen molar-refractivity contribution in [1.82, 2.24) is 15.3 Å². The minimum absolute atomic E-state index is 0.0470. The van der Waals surface area contributed by atoms with Gasteiger partial charge in [-0.25, -0.2) is 14.6 Å². The van der Waals surface area contributed by atoms with Gasteiger partial charge in [-0.15, -0.1) is 0 Å². The summed E-state index contributed by atoms with van der Waals surface area (Å²) in [6, 6.07) is 4.53. The maximum Gasteiger partial charge on any atom is 0.356 e. The standard InChI is InChI=1S/C15H13ClN4O4/c16-9-3-1-2-8-10(4-5-24-13(8)9)19-15(23)20-12-7-17-6-11(18-12)14(21)22/h1-3,6-7,10H,4-5H2,(H,21,22)(H2,18,19,20,23)/t10-/m0/s1. The number of aromatic carboxylic acids is 1. The molecule has 1 aromatic heterocycles. The molecule has 2 amide bonds. The van der Waals surface area contributed by atoms with Crippen LogP contribution in [-0.2, 0) is 0 Å². The van der Waals surface area contributed by atoms with Gasteiger partial charge in [-0.1, -0.05) is 23.7 Å². The average molecular weight is 349 g/mol. The van der Waals surface area contributed by atoms with Crippen molar-refractivity contribution in [3.8, 4) is 5.75 Å². The largest absolute Gasteiger partial charge is 0.492 e. The van der Waals surface area contributed by atoms with Crippen molar-refractivity contribution in [2.75, 3.05) is 11.9 Å². The van der Waals surface area contributed by atoms with Crippen molar-refractivity contribution < 1.29 is 19.4 Å². The van der Waals surface area contributed by atoms with E-state index >= 15 is 0 Å². The van der Waals surface area contributed by atoms with Crippen molar-refractivity contribution in [3.05, 3.63) is 46.9 Å². The number of halogens is 1. The van der Waals surface area contributed by atoms with Crippen LogP contribution in [0.25, 0.3) is 0 Å². The summed E-state index contributed by atoms with van der Waals surface area (Å²) < 4.78 is 5.54. The molecule has 1 aromatic carbocycles. The van der Waals surface area contributed by atoms with E-state index in [2.05, 4.69) is 20.6 Å². The van der Waals surface area contributed by atoms with E-state index in [4.69, 9.17) is 21.4 Å². The number of anilines is 1. The van der Waals surface area contributed by atoms with E-state index in [1.165, 1.54) is 6.20 Å². The zero-order chi connectivity index (χ0) is 17.1. The van der Waals surface area contributed by atoms with Crippen molar-refractivity contribution in [2.24, 2.45) is 0 Å². The molecular weight excluding hydrogens is 336 g/mol. The lowest BCUT2D eigenvalue weighted by atomic mass is 10.0. The van der Waals surface area contributed by atoms with Gasteiger partial charge >= 0.3 is 12.0 Å². The lowest BCUT2D eigenvalue weighted by Crippen LogP contribution is -2.35. The number of rotatable bonds is 3. The summed E-state index contributed by atoms with van der Waals surface area (Å²) in [6.45, 7) is 0.427. The number of benzene rings is 1. The average Bonchev–Trinajstić information content (AvgIpc) is 2.56. The fourth-order valence-corrected chi connectivity index (χ4v) is 2.61. The molecular formula is C15H13ClN4O4. The van der Waals surface area contributed by atoms with E-state index in [0.717, 1.165) is 11.8 Å². The molecule has 24 heavy (non-hydrogen) atoms. The van der Waals surface area contributed by atoms with Crippen LogP contribution in [0.1, 0.15) is 28.5 Å². The quantitative estimate of drug-likeness (QED) is 0.785. The van der Waals surface area contributed by atoms with Gasteiger partial charge in [-0.2, -0.15) is 0 Å². The molecule has 1 aliphatic rings. The zero-order valence-electron chi connectivity index (χ0n) is 12.3. The van der Waals surface area contributed by atoms with Crippen LogP contribution in [0.15, 0.2) is 30.6 Å². The van der Waals surface area contributed by atoms with E-state index in [0.29, 0.717) is 23.8 Å². The molecule has 9 heteroatoms. The third-order valence-corrected chi connectivity index (χ3v) is 3.72. The minimum Gasteiger partial charge on any atom is -0.492 e. The fraction of sp³-hybridized carbons (Fsp3) is 0.200. The van der Waals surface area contributed by atoms with Crippen LogP contribution in [0.3, 0.4) is 0 Å². The molecule has 2 aromatic rings. The molecule has 0 radical (unpaired) electrons. The molecule has 3 rings (SSSR count). The highest BCUT2D eigenvalue weighted by molar-refractivity contribution is 6.32. The Hall–Kier alpha value is -2.87. The molecule has 8 nitrogen and oxygen atoms in total. The van der Waals surface area contributed by atoms with Crippen molar-refractivity contribution in [3.63, 3.8) is 0 Å². The monoisotopic (exact) mass is 348 g/mol. The van der Waals surface area contributed by atoms with Gasteiger partial charge in [-0.05, 0) is 6.07 Å². The first-order valence-electron chi connectivity index (χ1n) is 7.08. The second kappa shape index (κ2) is 6.71. The van der Waals surface area contributed by atoms with Crippen molar-refractivity contribution in [2.45, 2.75) is 12.5 Å². The summed E-state index contributed by atoms with van der Waals surface area (Å²) in [7, 11) is 0. The molecule has 0 fully saturated rings. The summed E-state index contributed by atoms with van der Waals surface area (Å²) in [5.41, 5.74) is 0.533. The molecule has 0 bridgehead atoms. The predicted octanol–water partition coefficient (Wildman–Crippen LogP) is 2.47. The smallest absolute Gasteiger partial charge is 0.356 e. The minimum atomic E-state index is -1.22. The Balaban J connectivity index is 1.71.